The minimum Gasteiger partial charge on any atom is -0.478 e. The highest BCUT2D eigenvalue weighted by molar-refractivity contribution is 6.34. The molecule has 0 aromatic heterocycles. The number of urea groups is 1. The first-order chi connectivity index (χ1) is 9.45. The van der Waals surface area contributed by atoms with Crippen molar-refractivity contribution in [3.05, 3.63) is 28.8 Å². The van der Waals surface area contributed by atoms with Crippen molar-refractivity contribution in [2.24, 2.45) is 5.92 Å². The molecule has 1 aromatic carbocycles. The average molecular weight is 297 g/mol. The Morgan fingerprint density at radius 3 is 2.70 bits per heavy atom. The molecule has 2 rings (SSSR count). The number of halogens is 1. The summed E-state index contributed by atoms with van der Waals surface area (Å²) >= 11 is 5.94. The highest BCUT2D eigenvalue weighted by atomic mass is 35.5. The largest absolute Gasteiger partial charge is 0.478 e. The Bertz CT molecular complexity index is 529. The summed E-state index contributed by atoms with van der Waals surface area (Å²) in [4.78, 5) is 22.6. The number of benzene rings is 1. The van der Waals surface area contributed by atoms with Gasteiger partial charge in [-0.05, 0) is 37.5 Å². The van der Waals surface area contributed by atoms with Crippen molar-refractivity contribution in [2.75, 3.05) is 5.32 Å². The summed E-state index contributed by atoms with van der Waals surface area (Å²) in [7, 11) is 0. The second-order valence-electron chi connectivity index (χ2n) is 5.18. The highest BCUT2D eigenvalue weighted by Crippen LogP contribution is 2.33. The summed E-state index contributed by atoms with van der Waals surface area (Å²) in [5.74, 6) is -0.315. The average Bonchev–Trinajstić information content (AvgIpc) is 3.15. The number of carboxylic acid groups (broad SMARTS) is 1. The van der Waals surface area contributed by atoms with Gasteiger partial charge in [0.05, 0.1) is 16.3 Å². The van der Waals surface area contributed by atoms with Crippen LogP contribution in [0.5, 0.6) is 0 Å². The van der Waals surface area contributed by atoms with E-state index in [2.05, 4.69) is 10.6 Å². The van der Waals surface area contributed by atoms with E-state index in [1.807, 2.05) is 6.92 Å². The fourth-order valence-corrected chi connectivity index (χ4v) is 2.27. The second-order valence-corrected chi connectivity index (χ2v) is 5.59. The number of amides is 2. The standard InChI is InChI=1S/C14H17ClN2O3/c1-8(6-9-2-3-9)16-14(20)17-12-5-4-10(13(18)19)7-11(12)15/h4-5,7-9H,2-3,6H2,1H3,(H,18,19)(H2,16,17,20). The topological polar surface area (TPSA) is 78.4 Å². The first-order valence-corrected chi connectivity index (χ1v) is 6.94. The molecule has 0 radical (unpaired) electrons. The number of aromatic carboxylic acids is 1. The van der Waals surface area contributed by atoms with Crippen LogP contribution < -0.4 is 10.6 Å². The smallest absolute Gasteiger partial charge is 0.335 e. The van der Waals surface area contributed by atoms with E-state index in [9.17, 15) is 9.59 Å². The normalized spacial score (nSPS) is 15.5. The molecule has 1 atom stereocenters. The molecule has 6 heteroatoms. The van der Waals surface area contributed by atoms with E-state index in [4.69, 9.17) is 16.7 Å². The van der Waals surface area contributed by atoms with Gasteiger partial charge in [-0.3, -0.25) is 0 Å². The number of hydrogen-bond acceptors (Lipinski definition) is 2. The van der Waals surface area contributed by atoms with Gasteiger partial charge in [-0.2, -0.15) is 0 Å². The van der Waals surface area contributed by atoms with E-state index < -0.39 is 5.97 Å². The number of carboxylic acids is 1. The van der Waals surface area contributed by atoms with Gasteiger partial charge in [0.15, 0.2) is 0 Å². The Kier molecular flexibility index (Phi) is 4.49. The third kappa shape index (κ3) is 4.13. The van der Waals surface area contributed by atoms with Gasteiger partial charge < -0.3 is 15.7 Å². The van der Waals surface area contributed by atoms with Gasteiger partial charge in [0.25, 0.3) is 0 Å². The quantitative estimate of drug-likeness (QED) is 0.779. The molecule has 20 heavy (non-hydrogen) atoms. The first kappa shape index (κ1) is 14.7. The van der Waals surface area contributed by atoms with Crippen molar-refractivity contribution in [3.8, 4) is 0 Å². The first-order valence-electron chi connectivity index (χ1n) is 6.56. The predicted octanol–water partition coefficient (Wildman–Crippen LogP) is 3.35. The SMILES string of the molecule is CC(CC1CC1)NC(=O)Nc1ccc(C(=O)O)cc1Cl. The molecule has 3 N–H and O–H groups in total. The molecule has 0 heterocycles. The van der Waals surface area contributed by atoms with Crippen LogP contribution in [0, 0.1) is 5.92 Å². The third-order valence-corrected chi connectivity index (χ3v) is 3.54. The maximum atomic E-state index is 11.8. The number of nitrogens with one attached hydrogen (secondary N) is 2. The molecule has 1 fully saturated rings. The zero-order chi connectivity index (χ0) is 14.7. The van der Waals surface area contributed by atoms with E-state index in [0.717, 1.165) is 12.3 Å². The molecular weight excluding hydrogens is 280 g/mol. The lowest BCUT2D eigenvalue weighted by molar-refractivity contribution is 0.0697. The van der Waals surface area contributed by atoms with Crippen LogP contribution in [-0.2, 0) is 0 Å². The van der Waals surface area contributed by atoms with Crippen LogP contribution >= 0.6 is 11.6 Å². The van der Waals surface area contributed by atoms with Gasteiger partial charge in [0.2, 0.25) is 0 Å². The lowest BCUT2D eigenvalue weighted by Gasteiger charge is -2.15. The monoisotopic (exact) mass is 296 g/mol. The molecular formula is C14H17ClN2O3. The van der Waals surface area contributed by atoms with Gasteiger partial charge in [0.1, 0.15) is 0 Å². The van der Waals surface area contributed by atoms with Gasteiger partial charge in [0, 0.05) is 6.04 Å². The molecule has 1 aromatic rings. The zero-order valence-corrected chi connectivity index (χ0v) is 11.9. The Morgan fingerprint density at radius 1 is 1.45 bits per heavy atom. The zero-order valence-electron chi connectivity index (χ0n) is 11.1. The minimum absolute atomic E-state index is 0.0862. The summed E-state index contributed by atoms with van der Waals surface area (Å²) in [5, 5.41) is 14.5. The van der Waals surface area contributed by atoms with Crippen LogP contribution in [0.4, 0.5) is 10.5 Å². The fraction of sp³-hybridized carbons (Fsp3) is 0.429. The van der Waals surface area contributed by atoms with Crippen molar-refractivity contribution < 1.29 is 14.7 Å². The van der Waals surface area contributed by atoms with Gasteiger partial charge in [-0.25, -0.2) is 9.59 Å². The summed E-state index contributed by atoms with van der Waals surface area (Å²) in [5.41, 5.74) is 0.482. The molecule has 1 saturated carbocycles. The lowest BCUT2D eigenvalue weighted by atomic mass is 10.2. The van der Waals surface area contributed by atoms with E-state index in [1.165, 1.54) is 31.0 Å². The third-order valence-electron chi connectivity index (χ3n) is 3.23. The molecule has 0 saturated heterocycles. The van der Waals surface area contributed by atoms with Crippen LogP contribution in [0.3, 0.4) is 0 Å². The number of carbonyl (C=O) groups excluding carboxylic acids is 1. The maximum absolute atomic E-state index is 11.8. The second kappa shape index (κ2) is 6.13. The van der Waals surface area contributed by atoms with Gasteiger partial charge in [-0.1, -0.05) is 24.4 Å². The van der Waals surface area contributed by atoms with E-state index >= 15 is 0 Å². The molecule has 0 spiro atoms. The summed E-state index contributed by atoms with van der Waals surface area (Å²) in [6.45, 7) is 1.97. The molecule has 1 aliphatic rings. The molecule has 2 amide bonds. The highest BCUT2D eigenvalue weighted by Gasteiger charge is 2.24. The molecule has 0 aliphatic heterocycles. The van der Waals surface area contributed by atoms with Crippen LogP contribution in [0.25, 0.3) is 0 Å². The summed E-state index contributed by atoms with van der Waals surface area (Å²) < 4.78 is 0. The summed E-state index contributed by atoms with van der Waals surface area (Å²) in [6, 6.07) is 3.98. The molecule has 108 valence electrons. The summed E-state index contributed by atoms with van der Waals surface area (Å²) in [6.07, 6.45) is 3.48. The van der Waals surface area contributed by atoms with Crippen molar-refractivity contribution >= 4 is 29.3 Å². The van der Waals surface area contributed by atoms with Crippen molar-refractivity contribution in [3.63, 3.8) is 0 Å². The number of rotatable bonds is 5. The Hall–Kier alpha value is -1.75. The number of hydrogen-bond donors (Lipinski definition) is 3. The van der Waals surface area contributed by atoms with Crippen LogP contribution in [0.15, 0.2) is 18.2 Å². The van der Waals surface area contributed by atoms with Gasteiger partial charge >= 0.3 is 12.0 Å². The van der Waals surface area contributed by atoms with E-state index in [-0.39, 0.29) is 22.7 Å². The van der Waals surface area contributed by atoms with Crippen molar-refractivity contribution in [1.82, 2.24) is 5.32 Å². The molecule has 0 bridgehead atoms. The van der Waals surface area contributed by atoms with Crippen LogP contribution in [-0.4, -0.2) is 23.1 Å². The van der Waals surface area contributed by atoms with Gasteiger partial charge in [-0.15, -0.1) is 0 Å². The Balaban J connectivity index is 1.91. The number of anilines is 1. The Morgan fingerprint density at radius 2 is 2.15 bits per heavy atom. The fourth-order valence-electron chi connectivity index (χ4n) is 2.04. The minimum atomic E-state index is -1.05. The van der Waals surface area contributed by atoms with E-state index in [0.29, 0.717) is 5.69 Å². The Labute approximate surface area is 122 Å². The molecule has 1 aliphatic carbocycles. The van der Waals surface area contributed by atoms with Crippen LogP contribution in [0.1, 0.15) is 36.5 Å². The van der Waals surface area contributed by atoms with Crippen molar-refractivity contribution in [2.45, 2.75) is 32.2 Å². The predicted molar refractivity (Wildman–Crippen MR) is 77.4 cm³/mol. The molecule has 1 unspecified atom stereocenters. The molecule has 5 nitrogen and oxygen atoms in total. The van der Waals surface area contributed by atoms with Crippen LogP contribution in [0.2, 0.25) is 5.02 Å². The number of carbonyl (C=O) groups is 2. The van der Waals surface area contributed by atoms with Crippen molar-refractivity contribution in [1.29, 1.82) is 0 Å². The maximum Gasteiger partial charge on any atom is 0.335 e. The lowest BCUT2D eigenvalue weighted by Crippen LogP contribution is -2.36. The van der Waals surface area contributed by atoms with E-state index in [1.54, 1.807) is 0 Å².